The van der Waals surface area contributed by atoms with Crippen LogP contribution in [0.15, 0.2) is 22.7 Å². The second-order valence-electron chi connectivity index (χ2n) is 5.43. The van der Waals surface area contributed by atoms with E-state index in [4.69, 9.17) is 9.26 Å². The van der Waals surface area contributed by atoms with E-state index >= 15 is 0 Å². The third kappa shape index (κ3) is 3.10. The van der Waals surface area contributed by atoms with Gasteiger partial charge in [0.05, 0.1) is 6.61 Å². The van der Waals surface area contributed by atoms with Crippen molar-refractivity contribution in [1.29, 1.82) is 0 Å². The molecule has 1 aromatic heterocycles. The quantitative estimate of drug-likeness (QED) is 0.847. The van der Waals surface area contributed by atoms with Gasteiger partial charge in [-0.3, -0.25) is 4.79 Å². The van der Waals surface area contributed by atoms with Crippen LogP contribution in [0.3, 0.4) is 0 Å². The first-order valence-corrected chi connectivity index (χ1v) is 7.45. The van der Waals surface area contributed by atoms with Crippen LogP contribution in [0.5, 0.6) is 5.75 Å². The van der Waals surface area contributed by atoms with Gasteiger partial charge in [-0.15, -0.1) is 0 Å². The van der Waals surface area contributed by atoms with Gasteiger partial charge in [0.2, 0.25) is 11.8 Å². The van der Waals surface area contributed by atoms with Gasteiger partial charge in [0.15, 0.2) is 5.82 Å². The topological polar surface area (TPSA) is 68.5 Å². The molecule has 1 aromatic carbocycles. The SMILES string of the molecule is Cc1noc(CCCC(=O)N(C)c2ccc3c(c2)CCO3)n1. The third-order valence-corrected chi connectivity index (χ3v) is 3.79. The molecule has 0 unspecified atom stereocenters. The van der Waals surface area contributed by atoms with Crippen molar-refractivity contribution in [3.8, 4) is 5.75 Å². The molecule has 0 radical (unpaired) electrons. The number of benzene rings is 1. The first-order chi connectivity index (χ1) is 10.6. The van der Waals surface area contributed by atoms with Crippen LogP contribution < -0.4 is 9.64 Å². The highest BCUT2D eigenvalue weighted by molar-refractivity contribution is 5.93. The predicted molar refractivity (Wildman–Crippen MR) is 81.0 cm³/mol. The molecule has 1 aliphatic heterocycles. The molecule has 116 valence electrons. The molecule has 6 nitrogen and oxygen atoms in total. The van der Waals surface area contributed by atoms with Gasteiger partial charge >= 0.3 is 0 Å². The summed E-state index contributed by atoms with van der Waals surface area (Å²) in [5, 5.41) is 3.74. The van der Waals surface area contributed by atoms with Gasteiger partial charge in [0, 0.05) is 32.0 Å². The summed E-state index contributed by atoms with van der Waals surface area (Å²) >= 11 is 0. The maximum atomic E-state index is 12.3. The molecule has 1 aliphatic rings. The number of anilines is 1. The Kier molecular flexibility index (Phi) is 4.09. The van der Waals surface area contributed by atoms with Gasteiger partial charge in [0.25, 0.3) is 0 Å². The number of nitrogens with zero attached hydrogens (tertiary/aromatic N) is 3. The lowest BCUT2D eigenvalue weighted by atomic mass is 10.1. The van der Waals surface area contributed by atoms with E-state index in [1.807, 2.05) is 18.2 Å². The zero-order valence-corrected chi connectivity index (χ0v) is 12.8. The summed E-state index contributed by atoms with van der Waals surface area (Å²) in [6.45, 7) is 2.50. The standard InChI is InChI=1S/C16H19N3O3/c1-11-17-15(22-18-11)4-3-5-16(20)19(2)13-6-7-14-12(10-13)8-9-21-14/h6-7,10H,3-5,8-9H2,1-2H3. The fourth-order valence-electron chi connectivity index (χ4n) is 2.53. The Bertz CT molecular complexity index is 681. The van der Waals surface area contributed by atoms with Gasteiger partial charge in [-0.1, -0.05) is 5.16 Å². The molecule has 3 rings (SSSR count). The normalized spacial score (nSPS) is 12.8. The summed E-state index contributed by atoms with van der Waals surface area (Å²) in [6.07, 6.45) is 2.67. The fraction of sp³-hybridized carbons (Fsp3) is 0.438. The number of hydrogen-bond acceptors (Lipinski definition) is 5. The Morgan fingerprint density at radius 1 is 1.41 bits per heavy atom. The molecule has 0 aliphatic carbocycles. The van der Waals surface area contributed by atoms with Crippen LogP contribution in [0, 0.1) is 6.92 Å². The summed E-state index contributed by atoms with van der Waals surface area (Å²) in [5.74, 6) is 2.22. The van der Waals surface area contributed by atoms with Crippen LogP contribution in [0.2, 0.25) is 0 Å². The first-order valence-electron chi connectivity index (χ1n) is 7.45. The number of aryl methyl sites for hydroxylation is 2. The van der Waals surface area contributed by atoms with Crippen molar-refractivity contribution in [2.24, 2.45) is 0 Å². The lowest BCUT2D eigenvalue weighted by molar-refractivity contribution is -0.118. The van der Waals surface area contributed by atoms with Crippen LogP contribution in [-0.2, 0) is 17.6 Å². The zero-order valence-electron chi connectivity index (χ0n) is 12.8. The van der Waals surface area contributed by atoms with Gasteiger partial charge < -0.3 is 14.2 Å². The molecule has 0 atom stereocenters. The van der Waals surface area contributed by atoms with Crippen LogP contribution in [0.25, 0.3) is 0 Å². The van der Waals surface area contributed by atoms with Crippen LogP contribution in [0.1, 0.15) is 30.1 Å². The third-order valence-electron chi connectivity index (χ3n) is 3.79. The van der Waals surface area contributed by atoms with E-state index in [1.54, 1.807) is 18.9 Å². The zero-order chi connectivity index (χ0) is 15.5. The Morgan fingerprint density at radius 2 is 2.27 bits per heavy atom. The number of carbonyl (C=O) groups is 1. The molecule has 0 fully saturated rings. The Hall–Kier alpha value is -2.37. The van der Waals surface area contributed by atoms with Crippen LogP contribution in [-0.4, -0.2) is 29.7 Å². The molecule has 0 spiro atoms. The number of carbonyl (C=O) groups excluding carboxylic acids is 1. The minimum Gasteiger partial charge on any atom is -0.493 e. The van der Waals surface area contributed by atoms with Crippen LogP contribution in [0.4, 0.5) is 5.69 Å². The fourth-order valence-corrected chi connectivity index (χ4v) is 2.53. The molecule has 2 aromatic rings. The summed E-state index contributed by atoms with van der Waals surface area (Å²) < 4.78 is 10.5. The Balaban J connectivity index is 1.55. The summed E-state index contributed by atoms with van der Waals surface area (Å²) in [5.41, 5.74) is 2.07. The van der Waals surface area contributed by atoms with E-state index in [2.05, 4.69) is 10.1 Å². The van der Waals surface area contributed by atoms with Crippen molar-refractivity contribution < 1.29 is 14.1 Å². The van der Waals surface area contributed by atoms with E-state index < -0.39 is 0 Å². The highest BCUT2D eigenvalue weighted by Crippen LogP contribution is 2.29. The molecular weight excluding hydrogens is 282 g/mol. The number of ether oxygens (including phenoxy) is 1. The summed E-state index contributed by atoms with van der Waals surface area (Å²) in [6, 6.07) is 5.88. The average molecular weight is 301 g/mol. The number of rotatable bonds is 5. The van der Waals surface area contributed by atoms with E-state index in [9.17, 15) is 4.79 Å². The molecule has 0 saturated heterocycles. The minimum atomic E-state index is 0.0788. The van der Waals surface area contributed by atoms with Gasteiger partial charge in [-0.2, -0.15) is 4.98 Å². The molecular formula is C16H19N3O3. The predicted octanol–water partition coefficient (Wildman–Crippen LogP) is 2.30. The highest BCUT2D eigenvalue weighted by Gasteiger charge is 2.16. The van der Waals surface area contributed by atoms with Crippen molar-refractivity contribution in [3.05, 3.63) is 35.5 Å². The molecule has 22 heavy (non-hydrogen) atoms. The lowest BCUT2D eigenvalue weighted by Crippen LogP contribution is -2.26. The van der Waals surface area contributed by atoms with E-state index in [0.717, 1.165) is 24.5 Å². The minimum absolute atomic E-state index is 0.0788. The molecule has 0 N–H and O–H groups in total. The summed E-state index contributed by atoms with van der Waals surface area (Å²) in [4.78, 5) is 18.1. The molecule has 0 saturated carbocycles. The summed E-state index contributed by atoms with van der Waals surface area (Å²) in [7, 11) is 1.80. The molecule has 2 heterocycles. The van der Waals surface area contributed by atoms with Crippen molar-refractivity contribution >= 4 is 11.6 Å². The molecule has 1 amide bonds. The van der Waals surface area contributed by atoms with E-state index in [-0.39, 0.29) is 5.91 Å². The monoisotopic (exact) mass is 301 g/mol. The Morgan fingerprint density at radius 3 is 3.05 bits per heavy atom. The maximum absolute atomic E-state index is 12.3. The van der Waals surface area contributed by atoms with Crippen molar-refractivity contribution in [2.75, 3.05) is 18.6 Å². The molecule has 6 heteroatoms. The molecule has 0 bridgehead atoms. The average Bonchev–Trinajstić information content (AvgIpc) is 3.14. The number of hydrogen-bond donors (Lipinski definition) is 0. The van der Waals surface area contributed by atoms with Crippen molar-refractivity contribution in [2.45, 2.75) is 32.6 Å². The van der Waals surface area contributed by atoms with Gasteiger partial charge in [-0.25, -0.2) is 0 Å². The second kappa shape index (κ2) is 6.17. The van der Waals surface area contributed by atoms with Crippen LogP contribution >= 0.6 is 0 Å². The maximum Gasteiger partial charge on any atom is 0.226 e. The second-order valence-corrected chi connectivity index (χ2v) is 5.43. The van der Waals surface area contributed by atoms with E-state index in [1.165, 1.54) is 5.56 Å². The lowest BCUT2D eigenvalue weighted by Gasteiger charge is -2.18. The van der Waals surface area contributed by atoms with Gasteiger partial charge in [0.1, 0.15) is 5.75 Å². The number of aromatic nitrogens is 2. The Labute approximate surface area is 129 Å². The van der Waals surface area contributed by atoms with Crippen molar-refractivity contribution in [3.63, 3.8) is 0 Å². The van der Waals surface area contributed by atoms with Crippen molar-refractivity contribution in [1.82, 2.24) is 10.1 Å². The smallest absolute Gasteiger partial charge is 0.226 e. The van der Waals surface area contributed by atoms with Gasteiger partial charge in [-0.05, 0) is 37.1 Å². The largest absolute Gasteiger partial charge is 0.493 e. The highest BCUT2D eigenvalue weighted by atomic mass is 16.5. The number of amides is 1. The van der Waals surface area contributed by atoms with E-state index in [0.29, 0.717) is 31.0 Å². The first kappa shape index (κ1) is 14.6. The number of fused-ring (bicyclic) bond motifs is 1.